The number of carbonyl (C=O) groups is 2. The number of halogens is 2. The number of fused-ring (bicyclic) bond motifs is 1. The smallest absolute Gasteiger partial charge is 0.224 e. The Bertz CT molecular complexity index is 758. The summed E-state index contributed by atoms with van der Waals surface area (Å²) < 4.78 is 14.8. The van der Waals surface area contributed by atoms with Crippen LogP contribution in [0.1, 0.15) is 27.9 Å². The summed E-state index contributed by atoms with van der Waals surface area (Å²) in [5, 5.41) is 2.62. The molecule has 0 radical (unpaired) electrons. The van der Waals surface area contributed by atoms with Crippen LogP contribution in [0, 0.1) is 5.82 Å². The Morgan fingerprint density at radius 1 is 1.14 bits per heavy atom. The summed E-state index contributed by atoms with van der Waals surface area (Å²) in [4.78, 5) is 23.8. The van der Waals surface area contributed by atoms with Gasteiger partial charge in [0.05, 0.1) is 5.56 Å². The topological polar surface area (TPSA) is 46.2 Å². The molecule has 1 aliphatic rings. The van der Waals surface area contributed by atoms with Crippen molar-refractivity contribution in [3.63, 3.8) is 0 Å². The minimum Gasteiger partial charge on any atom is -0.326 e. The van der Waals surface area contributed by atoms with Gasteiger partial charge in [-0.3, -0.25) is 9.59 Å². The fraction of sp³-hybridized carbons (Fsp3) is 0.125. The lowest BCUT2D eigenvalue weighted by atomic mass is 9.96. The van der Waals surface area contributed by atoms with Crippen LogP contribution in [0.15, 0.2) is 40.9 Å². The van der Waals surface area contributed by atoms with Gasteiger partial charge in [0.1, 0.15) is 5.82 Å². The van der Waals surface area contributed by atoms with E-state index in [0.29, 0.717) is 28.6 Å². The molecule has 0 aromatic heterocycles. The SMILES string of the molecule is O=C1CCc2cc(C(=O)c3ccccc3Br)c(F)cc2N1. The second-order valence-electron chi connectivity index (χ2n) is 4.85. The molecule has 0 atom stereocenters. The van der Waals surface area contributed by atoms with Crippen LogP contribution in [0.25, 0.3) is 0 Å². The predicted molar refractivity (Wildman–Crippen MR) is 80.9 cm³/mol. The first-order valence-corrected chi connectivity index (χ1v) is 7.27. The predicted octanol–water partition coefficient (Wildman–Crippen LogP) is 3.70. The fourth-order valence-electron chi connectivity index (χ4n) is 2.37. The average Bonchev–Trinajstić information content (AvgIpc) is 2.46. The summed E-state index contributed by atoms with van der Waals surface area (Å²) in [6.45, 7) is 0. The highest BCUT2D eigenvalue weighted by Crippen LogP contribution is 2.28. The standard InChI is InChI=1S/C16H11BrFNO2/c17-12-4-2-1-3-10(12)16(21)11-7-9-5-6-15(20)19-14(9)8-13(11)18/h1-4,7-8H,5-6H2,(H,19,20). The van der Waals surface area contributed by atoms with Crippen LogP contribution in [-0.2, 0) is 11.2 Å². The minimum absolute atomic E-state index is 0.0248. The number of ketones is 1. The molecule has 2 aromatic rings. The molecule has 0 saturated carbocycles. The Kier molecular flexibility index (Phi) is 3.59. The zero-order chi connectivity index (χ0) is 15.0. The van der Waals surface area contributed by atoms with Gasteiger partial charge in [0.25, 0.3) is 0 Å². The van der Waals surface area contributed by atoms with E-state index >= 15 is 0 Å². The summed E-state index contributed by atoms with van der Waals surface area (Å²) in [6, 6.07) is 9.66. The second kappa shape index (κ2) is 5.41. The van der Waals surface area contributed by atoms with Gasteiger partial charge in [0, 0.05) is 22.1 Å². The third-order valence-electron chi connectivity index (χ3n) is 3.45. The van der Waals surface area contributed by atoms with Crippen molar-refractivity contribution in [2.75, 3.05) is 5.32 Å². The lowest BCUT2D eigenvalue weighted by molar-refractivity contribution is -0.116. The quantitative estimate of drug-likeness (QED) is 0.842. The normalized spacial score (nSPS) is 13.5. The lowest BCUT2D eigenvalue weighted by Crippen LogP contribution is -2.20. The third kappa shape index (κ3) is 2.61. The van der Waals surface area contributed by atoms with Crippen molar-refractivity contribution in [2.24, 2.45) is 0 Å². The van der Waals surface area contributed by atoms with Crippen LogP contribution in [0.3, 0.4) is 0 Å². The zero-order valence-corrected chi connectivity index (χ0v) is 12.5. The highest BCUT2D eigenvalue weighted by Gasteiger charge is 2.22. The van der Waals surface area contributed by atoms with Crippen LogP contribution in [0.2, 0.25) is 0 Å². The number of aryl methyl sites for hydroxylation is 1. The molecule has 106 valence electrons. The number of anilines is 1. The molecule has 0 unspecified atom stereocenters. The van der Waals surface area contributed by atoms with E-state index in [1.807, 2.05) is 0 Å². The molecule has 0 spiro atoms. The molecule has 3 rings (SSSR count). The molecule has 5 heteroatoms. The van der Waals surface area contributed by atoms with Gasteiger partial charge in [0.2, 0.25) is 5.91 Å². The van der Waals surface area contributed by atoms with E-state index in [0.717, 1.165) is 5.56 Å². The van der Waals surface area contributed by atoms with Crippen LogP contribution in [0.5, 0.6) is 0 Å². The van der Waals surface area contributed by atoms with Crippen molar-refractivity contribution < 1.29 is 14.0 Å². The van der Waals surface area contributed by atoms with E-state index < -0.39 is 5.82 Å². The van der Waals surface area contributed by atoms with Gasteiger partial charge >= 0.3 is 0 Å². The number of benzene rings is 2. The van der Waals surface area contributed by atoms with Crippen molar-refractivity contribution >= 4 is 33.3 Å². The van der Waals surface area contributed by atoms with Crippen molar-refractivity contribution in [2.45, 2.75) is 12.8 Å². The molecule has 0 bridgehead atoms. The van der Waals surface area contributed by atoms with Gasteiger partial charge in [-0.15, -0.1) is 0 Å². The maximum Gasteiger partial charge on any atom is 0.224 e. The molecular formula is C16H11BrFNO2. The molecule has 1 aliphatic heterocycles. The van der Waals surface area contributed by atoms with Crippen LogP contribution < -0.4 is 5.32 Å². The van der Waals surface area contributed by atoms with Crippen LogP contribution in [0.4, 0.5) is 10.1 Å². The zero-order valence-electron chi connectivity index (χ0n) is 11.0. The van der Waals surface area contributed by atoms with E-state index in [4.69, 9.17) is 0 Å². The summed E-state index contributed by atoms with van der Waals surface area (Å²) in [6.07, 6.45) is 0.860. The maximum atomic E-state index is 14.2. The van der Waals surface area contributed by atoms with E-state index in [9.17, 15) is 14.0 Å². The summed E-state index contributed by atoms with van der Waals surface area (Å²) in [5.74, 6) is -1.14. The number of hydrogen-bond acceptors (Lipinski definition) is 2. The molecule has 21 heavy (non-hydrogen) atoms. The van der Waals surface area contributed by atoms with Gasteiger partial charge in [-0.2, -0.15) is 0 Å². The molecular weight excluding hydrogens is 337 g/mol. The molecule has 1 N–H and O–H groups in total. The molecule has 0 fully saturated rings. The molecule has 0 aliphatic carbocycles. The highest BCUT2D eigenvalue weighted by atomic mass is 79.9. The number of nitrogens with one attached hydrogen (secondary N) is 1. The van der Waals surface area contributed by atoms with E-state index in [1.165, 1.54) is 12.1 Å². The minimum atomic E-state index is -0.628. The number of amides is 1. The van der Waals surface area contributed by atoms with E-state index in [-0.39, 0.29) is 17.3 Å². The Labute approximate surface area is 129 Å². The third-order valence-corrected chi connectivity index (χ3v) is 4.14. The van der Waals surface area contributed by atoms with E-state index in [2.05, 4.69) is 21.2 Å². The van der Waals surface area contributed by atoms with E-state index in [1.54, 1.807) is 24.3 Å². The first-order chi connectivity index (χ1) is 10.1. The molecule has 2 aromatic carbocycles. The highest BCUT2D eigenvalue weighted by molar-refractivity contribution is 9.10. The molecule has 1 amide bonds. The molecule has 3 nitrogen and oxygen atoms in total. The van der Waals surface area contributed by atoms with Crippen LogP contribution >= 0.6 is 15.9 Å². The van der Waals surface area contributed by atoms with Gasteiger partial charge in [-0.1, -0.05) is 28.1 Å². The first-order valence-electron chi connectivity index (χ1n) is 6.48. The number of rotatable bonds is 2. The second-order valence-corrected chi connectivity index (χ2v) is 5.70. The van der Waals surface area contributed by atoms with Gasteiger partial charge < -0.3 is 5.32 Å². The Morgan fingerprint density at radius 3 is 2.67 bits per heavy atom. The average molecular weight is 348 g/mol. The summed E-state index contributed by atoms with van der Waals surface area (Å²) >= 11 is 3.30. The van der Waals surface area contributed by atoms with Crippen molar-refractivity contribution in [3.05, 3.63) is 63.4 Å². The lowest BCUT2D eigenvalue weighted by Gasteiger charge is -2.18. The largest absolute Gasteiger partial charge is 0.326 e. The first kappa shape index (κ1) is 13.9. The fourth-order valence-corrected chi connectivity index (χ4v) is 2.83. The van der Waals surface area contributed by atoms with Crippen LogP contribution in [-0.4, -0.2) is 11.7 Å². The van der Waals surface area contributed by atoms with Crippen molar-refractivity contribution in [1.29, 1.82) is 0 Å². The molecule has 0 saturated heterocycles. The maximum absolute atomic E-state index is 14.2. The monoisotopic (exact) mass is 347 g/mol. The van der Waals surface area contributed by atoms with Gasteiger partial charge in [-0.05, 0) is 36.2 Å². The van der Waals surface area contributed by atoms with Crippen molar-refractivity contribution in [1.82, 2.24) is 0 Å². The Morgan fingerprint density at radius 2 is 1.90 bits per heavy atom. The summed E-state index contributed by atoms with van der Waals surface area (Å²) in [7, 11) is 0. The van der Waals surface area contributed by atoms with Gasteiger partial charge in [-0.25, -0.2) is 4.39 Å². The molecule has 1 heterocycles. The number of carbonyl (C=O) groups excluding carboxylic acids is 2. The number of hydrogen-bond donors (Lipinski definition) is 1. The summed E-state index contributed by atoms with van der Waals surface area (Å²) in [5.41, 5.74) is 1.67. The Hall–Kier alpha value is -2.01. The van der Waals surface area contributed by atoms with Crippen molar-refractivity contribution in [3.8, 4) is 0 Å². The Balaban J connectivity index is 2.05. The van der Waals surface area contributed by atoms with Gasteiger partial charge in [0.15, 0.2) is 5.78 Å².